The molecule has 0 fully saturated rings. The molecule has 0 saturated carbocycles. The molecule has 3 aromatic carbocycles. The summed E-state index contributed by atoms with van der Waals surface area (Å²) in [6.45, 7) is 1.67. The standard InChI is InChI=1S/C21H20ClN3O3S.H2O/c22-12-21(26)24-19-5-1-4-18-17(19)3-2-6-20(18)29(27,28)25-16-8-7-15-13-23-10-9-14(15)11-16;/h1-8,11,23,25H,9-10,12-13H2,(H,24,26);1H2. The lowest BCUT2D eigenvalue weighted by Crippen LogP contribution is -2.23. The fourth-order valence-electron chi connectivity index (χ4n) is 3.56. The van der Waals surface area contributed by atoms with E-state index in [9.17, 15) is 13.2 Å². The van der Waals surface area contributed by atoms with Crippen LogP contribution in [0, 0.1) is 0 Å². The third-order valence-corrected chi connectivity index (χ3v) is 6.59. The first-order valence-electron chi connectivity index (χ1n) is 9.21. The minimum atomic E-state index is -3.82. The fraction of sp³-hybridized carbons (Fsp3) is 0.190. The van der Waals surface area contributed by atoms with Crippen LogP contribution in [0.25, 0.3) is 10.8 Å². The Morgan fingerprint density at radius 1 is 1.03 bits per heavy atom. The maximum absolute atomic E-state index is 13.1. The van der Waals surface area contributed by atoms with E-state index in [1.807, 2.05) is 12.1 Å². The Hall–Kier alpha value is -2.65. The second-order valence-corrected chi connectivity index (χ2v) is 8.77. The van der Waals surface area contributed by atoms with Gasteiger partial charge < -0.3 is 16.1 Å². The molecule has 0 bridgehead atoms. The number of anilines is 2. The van der Waals surface area contributed by atoms with Gasteiger partial charge in [0, 0.05) is 28.7 Å². The van der Waals surface area contributed by atoms with Crippen molar-refractivity contribution in [1.29, 1.82) is 0 Å². The van der Waals surface area contributed by atoms with Gasteiger partial charge in [0.25, 0.3) is 10.0 Å². The Kier molecular flexibility index (Phi) is 6.62. The van der Waals surface area contributed by atoms with Crippen LogP contribution in [0.15, 0.2) is 59.5 Å². The highest BCUT2D eigenvalue weighted by atomic mass is 35.5. The third-order valence-electron chi connectivity index (χ3n) is 4.91. The Labute approximate surface area is 179 Å². The normalized spacial score (nSPS) is 13.2. The van der Waals surface area contributed by atoms with Gasteiger partial charge in [-0.25, -0.2) is 8.42 Å². The van der Waals surface area contributed by atoms with Crippen LogP contribution in [0.4, 0.5) is 11.4 Å². The number of carbonyl (C=O) groups excluding carboxylic acids is 1. The lowest BCUT2D eigenvalue weighted by atomic mass is 10.0. The number of nitrogens with one attached hydrogen (secondary N) is 3. The summed E-state index contributed by atoms with van der Waals surface area (Å²) in [6, 6.07) is 15.7. The zero-order valence-electron chi connectivity index (χ0n) is 16.0. The number of halogens is 1. The average molecular weight is 448 g/mol. The van der Waals surface area contributed by atoms with Crippen molar-refractivity contribution in [2.24, 2.45) is 0 Å². The number of alkyl halides is 1. The second kappa shape index (κ2) is 9.01. The van der Waals surface area contributed by atoms with Gasteiger partial charge in [0.05, 0.1) is 4.90 Å². The first-order chi connectivity index (χ1) is 14.0. The monoisotopic (exact) mass is 447 g/mol. The van der Waals surface area contributed by atoms with Crippen molar-refractivity contribution in [1.82, 2.24) is 5.32 Å². The molecule has 1 amide bonds. The number of fused-ring (bicyclic) bond motifs is 2. The van der Waals surface area contributed by atoms with E-state index in [-0.39, 0.29) is 22.2 Å². The van der Waals surface area contributed by atoms with Crippen LogP contribution in [0.2, 0.25) is 0 Å². The van der Waals surface area contributed by atoms with E-state index in [4.69, 9.17) is 11.6 Å². The number of sulfonamides is 1. The Morgan fingerprint density at radius 2 is 1.80 bits per heavy atom. The van der Waals surface area contributed by atoms with Gasteiger partial charge in [-0.15, -0.1) is 11.6 Å². The molecule has 7 nitrogen and oxygen atoms in total. The molecule has 1 heterocycles. The minimum absolute atomic E-state index is 0. The van der Waals surface area contributed by atoms with Crippen molar-refractivity contribution in [2.75, 3.05) is 22.5 Å². The third kappa shape index (κ3) is 4.41. The SMILES string of the molecule is O.O=C(CCl)Nc1cccc2c(S(=O)(=O)Nc3ccc4c(c3)CCNC4)cccc12. The van der Waals surface area contributed by atoms with Gasteiger partial charge in [0.2, 0.25) is 5.91 Å². The van der Waals surface area contributed by atoms with Crippen LogP contribution in [0.5, 0.6) is 0 Å². The topological polar surface area (TPSA) is 119 Å². The van der Waals surface area contributed by atoms with Crippen LogP contribution in [0.3, 0.4) is 0 Å². The van der Waals surface area contributed by atoms with Crippen molar-refractivity contribution in [3.63, 3.8) is 0 Å². The molecule has 0 aliphatic carbocycles. The van der Waals surface area contributed by atoms with E-state index in [2.05, 4.69) is 15.4 Å². The summed E-state index contributed by atoms with van der Waals surface area (Å²) in [6.07, 6.45) is 0.864. The van der Waals surface area contributed by atoms with Gasteiger partial charge in [-0.1, -0.05) is 30.3 Å². The zero-order valence-corrected chi connectivity index (χ0v) is 17.6. The summed E-state index contributed by atoms with van der Waals surface area (Å²) in [5, 5.41) is 7.16. The molecule has 3 aromatic rings. The molecule has 0 saturated heterocycles. The molecular formula is C21H22ClN3O4S. The van der Waals surface area contributed by atoms with Crippen LogP contribution >= 0.6 is 11.6 Å². The Bertz CT molecular complexity index is 1200. The van der Waals surface area contributed by atoms with Crippen LogP contribution in [0.1, 0.15) is 11.1 Å². The van der Waals surface area contributed by atoms with E-state index < -0.39 is 10.0 Å². The van der Waals surface area contributed by atoms with E-state index in [0.29, 0.717) is 22.1 Å². The van der Waals surface area contributed by atoms with Crippen LogP contribution in [-0.2, 0) is 27.8 Å². The van der Waals surface area contributed by atoms with Crippen molar-refractivity contribution in [3.05, 3.63) is 65.7 Å². The highest BCUT2D eigenvalue weighted by molar-refractivity contribution is 7.93. The molecular weight excluding hydrogens is 426 g/mol. The van der Waals surface area contributed by atoms with Crippen molar-refractivity contribution in [2.45, 2.75) is 17.9 Å². The van der Waals surface area contributed by atoms with Crippen molar-refractivity contribution >= 4 is 49.7 Å². The molecule has 9 heteroatoms. The molecule has 0 unspecified atom stereocenters. The van der Waals surface area contributed by atoms with Gasteiger partial charge >= 0.3 is 0 Å². The van der Waals surface area contributed by atoms with Gasteiger partial charge in [-0.05, 0) is 48.4 Å². The quantitative estimate of drug-likeness (QED) is 0.521. The Morgan fingerprint density at radius 3 is 2.60 bits per heavy atom. The molecule has 1 aliphatic rings. The molecule has 0 spiro atoms. The summed E-state index contributed by atoms with van der Waals surface area (Å²) in [7, 11) is -3.82. The molecule has 0 radical (unpaired) electrons. The van der Waals surface area contributed by atoms with Crippen LogP contribution in [-0.4, -0.2) is 32.2 Å². The molecule has 5 N–H and O–H groups in total. The van der Waals surface area contributed by atoms with E-state index in [1.54, 1.807) is 42.5 Å². The largest absolute Gasteiger partial charge is 0.412 e. The van der Waals surface area contributed by atoms with Crippen molar-refractivity contribution in [3.8, 4) is 0 Å². The zero-order chi connectivity index (χ0) is 20.4. The first-order valence-corrected chi connectivity index (χ1v) is 11.2. The number of hydrogen-bond acceptors (Lipinski definition) is 4. The fourth-order valence-corrected chi connectivity index (χ4v) is 4.90. The van der Waals surface area contributed by atoms with Crippen LogP contribution < -0.4 is 15.4 Å². The Balaban J connectivity index is 0.00000256. The van der Waals surface area contributed by atoms with Crippen molar-refractivity contribution < 1.29 is 18.7 Å². The maximum Gasteiger partial charge on any atom is 0.262 e. The molecule has 158 valence electrons. The highest BCUT2D eigenvalue weighted by Gasteiger charge is 2.19. The number of benzene rings is 3. The smallest absolute Gasteiger partial charge is 0.262 e. The summed E-state index contributed by atoms with van der Waals surface area (Å²) < 4.78 is 29.0. The van der Waals surface area contributed by atoms with Gasteiger partial charge in [0.15, 0.2) is 0 Å². The van der Waals surface area contributed by atoms with Gasteiger partial charge in [0.1, 0.15) is 5.88 Å². The van der Waals surface area contributed by atoms with E-state index in [0.717, 1.165) is 25.1 Å². The predicted octanol–water partition coefficient (Wildman–Crippen LogP) is 2.64. The number of amides is 1. The van der Waals surface area contributed by atoms with Gasteiger partial charge in [-0.3, -0.25) is 9.52 Å². The number of hydrogen-bond donors (Lipinski definition) is 3. The lowest BCUT2D eigenvalue weighted by Gasteiger charge is -2.18. The molecule has 30 heavy (non-hydrogen) atoms. The molecule has 1 aliphatic heterocycles. The molecule has 0 atom stereocenters. The lowest BCUT2D eigenvalue weighted by molar-refractivity contribution is -0.113. The first kappa shape index (κ1) is 22.0. The summed E-state index contributed by atoms with van der Waals surface area (Å²) in [5.41, 5.74) is 3.39. The molecule has 4 rings (SSSR count). The van der Waals surface area contributed by atoms with E-state index >= 15 is 0 Å². The number of rotatable bonds is 5. The maximum atomic E-state index is 13.1. The average Bonchev–Trinajstić information content (AvgIpc) is 2.73. The summed E-state index contributed by atoms with van der Waals surface area (Å²) >= 11 is 5.58. The number of carbonyl (C=O) groups is 1. The summed E-state index contributed by atoms with van der Waals surface area (Å²) in [5.74, 6) is -0.529. The minimum Gasteiger partial charge on any atom is -0.412 e. The highest BCUT2D eigenvalue weighted by Crippen LogP contribution is 2.30. The second-order valence-electron chi connectivity index (χ2n) is 6.85. The van der Waals surface area contributed by atoms with E-state index in [1.165, 1.54) is 5.56 Å². The molecule has 0 aromatic heterocycles. The predicted molar refractivity (Wildman–Crippen MR) is 120 cm³/mol. The summed E-state index contributed by atoms with van der Waals surface area (Å²) in [4.78, 5) is 11.8. The van der Waals surface area contributed by atoms with Gasteiger partial charge in [-0.2, -0.15) is 0 Å².